The number of ether oxygens (including phenoxy) is 2. The maximum atomic E-state index is 12.0. The van der Waals surface area contributed by atoms with Crippen LogP contribution >= 0.6 is 0 Å². The number of hydrogen-bond acceptors (Lipinski definition) is 3. The van der Waals surface area contributed by atoms with Crippen molar-refractivity contribution in [1.29, 1.82) is 0 Å². The first-order chi connectivity index (χ1) is 14.1. The lowest BCUT2D eigenvalue weighted by atomic mass is 9.80. The van der Waals surface area contributed by atoms with Gasteiger partial charge in [0.1, 0.15) is 11.7 Å². The first-order valence-corrected chi connectivity index (χ1v) is 9.82. The molecule has 0 spiro atoms. The van der Waals surface area contributed by atoms with Gasteiger partial charge >= 0.3 is 5.97 Å². The van der Waals surface area contributed by atoms with E-state index in [4.69, 9.17) is 9.47 Å². The number of cyclic esters (lactones) is 1. The van der Waals surface area contributed by atoms with Crippen LogP contribution in [-0.4, -0.2) is 18.7 Å². The van der Waals surface area contributed by atoms with Gasteiger partial charge in [-0.05, 0) is 36.1 Å². The standard InChI is InChI=1S/C26H24O3/c1-19-20(2)25(27)29-24(19)18-28-26(21-12-6-3-7-13-21,22-14-8-4-9-15-22)23-16-10-5-11-17-23/h3-17,24H,18H2,1-2H3. The fraction of sp³-hybridized carbons (Fsp3) is 0.192. The molecule has 4 rings (SSSR count). The Morgan fingerprint density at radius 3 is 1.52 bits per heavy atom. The molecule has 0 radical (unpaired) electrons. The lowest BCUT2D eigenvalue weighted by molar-refractivity contribution is -0.143. The third kappa shape index (κ3) is 3.50. The summed E-state index contributed by atoms with van der Waals surface area (Å²) in [7, 11) is 0. The Bertz CT molecular complexity index is 911. The van der Waals surface area contributed by atoms with Crippen LogP contribution in [0, 0.1) is 0 Å². The van der Waals surface area contributed by atoms with Crippen LogP contribution in [0.4, 0.5) is 0 Å². The van der Waals surface area contributed by atoms with E-state index in [2.05, 4.69) is 36.4 Å². The van der Waals surface area contributed by atoms with Crippen LogP contribution in [-0.2, 0) is 19.9 Å². The van der Waals surface area contributed by atoms with Gasteiger partial charge < -0.3 is 9.47 Å². The van der Waals surface area contributed by atoms with Crippen molar-refractivity contribution in [2.24, 2.45) is 0 Å². The van der Waals surface area contributed by atoms with E-state index in [1.54, 1.807) is 6.92 Å². The molecule has 0 aliphatic carbocycles. The van der Waals surface area contributed by atoms with Gasteiger partial charge in [0, 0.05) is 5.57 Å². The lowest BCUT2D eigenvalue weighted by Crippen LogP contribution is -2.36. The quantitative estimate of drug-likeness (QED) is 0.430. The van der Waals surface area contributed by atoms with E-state index in [0.717, 1.165) is 22.3 Å². The number of esters is 1. The van der Waals surface area contributed by atoms with Crippen molar-refractivity contribution < 1.29 is 14.3 Å². The Morgan fingerprint density at radius 2 is 1.17 bits per heavy atom. The summed E-state index contributed by atoms with van der Waals surface area (Å²) in [4.78, 5) is 12.0. The predicted octanol–water partition coefficient (Wildman–Crippen LogP) is 5.26. The minimum Gasteiger partial charge on any atom is -0.452 e. The zero-order valence-corrected chi connectivity index (χ0v) is 16.7. The molecule has 3 heteroatoms. The third-order valence-electron chi connectivity index (χ3n) is 5.62. The van der Waals surface area contributed by atoms with Gasteiger partial charge in [0.05, 0.1) is 6.61 Å². The van der Waals surface area contributed by atoms with Gasteiger partial charge in [0.2, 0.25) is 0 Å². The summed E-state index contributed by atoms with van der Waals surface area (Å²) < 4.78 is 12.3. The van der Waals surface area contributed by atoms with Crippen LogP contribution in [0.25, 0.3) is 0 Å². The maximum absolute atomic E-state index is 12.0. The average molecular weight is 384 g/mol. The van der Waals surface area contributed by atoms with Crippen molar-refractivity contribution >= 4 is 5.97 Å². The molecule has 1 aliphatic heterocycles. The van der Waals surface area contributed by atoms with Gasteiger partial charge in [-0.3, -0.25) is 0 Å². The average Bonchev–Trinajstić information content (AvgIpc) is 3.03. The predicted molar refractivity (Wildman–Crippen MR) is 113 cm³/mol. The second kappa shape index (κ2) is 8.06. The minimum atomic E-state index is -0.813. The van der Waals surface area contributed by atoms with Crippen LogP contribution in [0.3, 0.4) is 0 Å². The molecular formula is C26H24O3. The van der Waals surface area contributed by atoms with E-state index in [1.165, 1.54) is 0 Å². The highest BCUT2D eigenvalue weighted by atomic mass is 16.6. The Balaban J connectivity index is 1.83. The smallest absolute Gasteiger partial charge is 0.334 e. The van der Waals surface area contributed by atoms with E-state index in [0.29, 0.717) is 5.57 Å². The van der Waals surface area contributed by atoms with Gasteiger partial charge in [0.25, 0.3) is 0 Å². The molecule has 0 amide bonds. The number of rotatable bonds is 6. The molecular weight excluding hydrogens is 360 g/mol. The van der Waals surface area contributed by atoms with E-state index in [9.17, 15) is 4.79 Å². The number of carbonyl (C=O) groups excluding carboxylic acids is 1. The van der Waals surface area contributed by atoms with Crippen molar-refractivity contribution in [2.45, 2.75) is 25.6 Å². The summed E-state index contributed by atoms with van der Waals surface area (Å²) in [5, 5.41) is 0. The van der Waals surface area contributed by atoms with E-state index < -0.39 is 5.60 Å². The van der Waals surface area contributed by atoms with E-state index >= 15 is 0 Å². The molecule has 3 nitrogen and oxygen atoms in total. The lowest BCUT2D eigenvalue weighted by Gasteiger charge is -2.36. The molecule has 0 N–H and O–H groups in total. The van der Waals surface area contributed by atoms with Crippen LogP contribution in [0.2, 0.25) is 0 Å². The first kappa shape index (κ1) is 19.2. The van der Waals surface area contributed by atoms with Crippen molar-refractivity contribution in [2.75, 3.05) is 6.61 Å². The monoisotopic (exact) mass is 384 g/mol. The number of hydrogen-bond donors (Lipinski definition) is 0. The Kier molecular flexibility index (Phi) is 5.32. The highest BCUT2D eigenvalue weighted by Crippen LogP contribution is 2.41. The van der Waals surface area contributed by atoms with Crippen LogP contribution < -0.4 is 0 Å². The molecule has 0 fully saturated rings. The normalized spacial score (nSPS) is 16.8. The molecule has 1 heterocycles. The van der Waals surface area contributed by atoms with Crippen LogP contribution in [0.5, 0.6) is 0 Å². The zero-order valence-electron chi connectivity index (χ0n) is 16.7. The molecule has 1 unspecified atom stereocenters. The molecule has 29 heavy (non-hydrogen) atoms. The molecule has 0 saturated heterocycles. The van der Waals surface area contributed by atoms with Gasteiger partial charge in [-0.2, -0.15) is 0 Å². The third-order valence-corrected chi connectivity index (χ3v) is 5.62. The molecule has 146 valence electrons. The van der Waals surface area contributed by atoms with Gasteiger partial charge in [-0.15, -0.1) is 0 Å². The van der Waals surface area contributed by atoms with Gasteiger partial charge in [-0.25, -0.2) is 4.79 Å². The molecule has 1 aliphatic rings. The fourth-order valence-corrected chi connectivity index (χ4v) is 3.84. The van der Waals surface area contributed by atoms with Crippen molar-refractivity contribution in [1.82, 2.24) is 0 Å². The topological polar surface area (TPSA) is 35.5 Å². The molecule has 0 saturated carbocycles. The van der Waals surface area contributed by atoms with Gasteiger partial charge in [-0.1, -0.05) is 91.0 Å². The second-order valence-electron chi connectivity index (χ2n) is 7.29. The summed E-state index contributed by atoms with van der Waals surface area (Å²) in [6.45, 7) is 4.01. The molecule has 3 aromatic carbocycles. The second-order valence-corrected chi connectivity index (χ2v) is 7.29. The van der Waals surface area contributed by atoms with Crippen molar-refractivity contribution in [3.8, 4) is 0 Å². The van der Waals surface area contributed by atoms with E-state index in [-0.39, 0.29) is 18.7 Å². The minimum absolute atomic E-state index is 0.263. The summed E-state index contributed by atoms with van der Waals surface area (Å²) in [5.74, 6) is -0.263. The Hall–Kier alpha value is -3.17. The molecule has 1 atom stereocenters. The SMILES string of the molecule is CC1=C(C)C(COC(c2ccccc2)(c2ccccc2)c2ccccc2)OC1=O. The Labute approximate surface area is 171 Å². The van der Waals surface area contributed by atoms with Crippen molar-refractivity contribution in [3.63, 3.8) is 0 Å². The maximum Gasteiger partial charge on any atom is 0.334 e. The summed E-state index contributed by atoms with van der Waals surface area (Å²) >= 11 is 0. The summed E-state index contributed by atoms with van der Waals surface area (Å²) in [6, 6.07) is 30.6. The summed E-state index contributed by atoms with van der Waals surface area (Å²) in [6.07, 6.45) is -0.377. The highest BCUT2D eigenvalue weighted by molar-refractivity contribution is 5.91. The van der Waals surface area contributed by atoms with E-state index in [1.807, 2.05) is 61.5 Å². The highest BCUT2D eigenvalue weighted by Gasteiger charge is 2.39. The van der Waals surface area contributed by atoms with Crippen LogP contribution in [0.1, 0.15) is 30.5 Å². The number of carbonyl (C=O) groups is 1. The molecule has 0 aromatic heterocycles. The molecule has 3 aromatic rings. The van der Waals surface area contributed by atoms with Crippen LogP contribution in [0.15, 0.2) is 102 Å². The molecule has 0 bridgehead atoms. The zero-order chi connectivity index (χ0) is 20.3. The van der Waals surface area contributed by atoms with Gasteiger partial charge in [0.15, 0.2) is 0 Å². The fourth-order valence-electron chi connectivity index (χ4n) is 3.84. The first-order valence-electron chi connectivity index (χ1n) is 9.82. The Morgan fingerprint density at radius 1 is 0.759 bits per heavy atom. The van der Waals surface area contributed by atoms with Crippen molar-refractivity contribution in [3.05, 3.63) is 119 Å². The number of benzene rings is 3. The summed E-state index contributed by atoms with van der Waals surface area (Å²) in [5.41, 5.74) is 3.87. The largest absolute Gasteiger partial charge is 0.452 e.